The first-order valence-corrected chi connectivity index (χ1v) is 12.5. The average molecular weight is 367 g/mol. The predicted molar refractivity (Wildman–Crippen MR) is 106 cm³/mol. The summed E-state index contributed by atoms with van der Waals surface area (Å²) in [6.45, 7) is 2.17. The zero-order valence-electron chi connectivity index (χ0n) is 10.1. The lowest BCUT2D eigenvalue weighted by Gasteiger charge is -2.43. The van der Waals surface area contributed by atoms with Crippen LogP contribution in [0.2, 0.25) is 0 Å². The average Bonchev–Trinajstić information content (AvgIpc) is 2.35. The molecule has 0 amide bonds. The van der Waals surface area contributed by atoms with Crippen LogP contribution in [0.25, 0.3) is 0 Å². The van der Waals surface area contributed by atoms with Crippen LogP contribution in [0.4, 0.5) is 0 Å². The molecule has 0 saturated heterocycles. The lowest BCUT2D eigenvalue weighted by molar-refractivity contribution is 1.13. The van der Waals surface area contributed by atoms with Crippen LogP contribution >= 0.6 is 61.9 Å². The maximum atomic E-state index is 5.99. The van der Waals surface area contributed by atoms with E-state index in [0.717, 1.165) is 40.3 Å². The Kier molecular flexibility index (Phi) is 10.2. The van der Waals surface area contributed by atoms with E-state index in [0.29, 0.717) is 5.25 Å². The van der Waals surface area contributed by atoms with Crippen molar-refractivity contribution in [2.24, 2.45) is 0 Å². The second kappa shape index (κ2) is 9.08. The molecule has 17 heavy (non-hydrogen) atoms. The number of hydrogen-bond acceptors (Lipinski definition) is 6. The van der Waals surface area contributed by atoms with Crippen molar-refractivity contribution in [3.8, 4) is 0 Å². The van der Waals surface area contributed by atoms with Gasteiger partial charge in [0.15, 0.2) is 0 Å². The fourth-order valence-corrected chi connectivity index (χ4v) is 10.5. The van der Waals surface area contributed by atoms with Crippen molar-refractivity contribution in [3.63, 3.8) is 0 Å². The van der Waals surface area contributed by atoms with Crippen molar-refractivity contribution in [2.75, 3.05) is 40.3 Å². The Balaban J connectivity index is 4.84. The highest BCUT2D eigenvalue weighted by atomic mass is 32.9. The highest BCUT2D eigenvalue weighted by molar-refractivity contribution is 8.62. The molecule has 0 bridgehead atoms. The molecule has 0 spiro atoms. The molecule has 0 radical (unpaired) electrons. The Bertz CT molecular complexity index is 288. The third kappa shape index (κ3) is 6.36. The summed E-state index contributed by atoms with van der Waals surface area (Å²) >= 11 is 26.2. The SMILES string of the molecule is CCS(=S)(C=S)(CCS)CC(CS)SCCS. The van der Waals surface area contributed by atoms with Gasteiger partial charge < -0.3 is 0 Å². The lowest BCUT2D eigenvalue weighted by Crippen LogP contribution is -2.46. The van der Waals surface area contributed by atoms with Crippen LogP contribution in [0.15, 0.2) is 0 Å². The minimum Gasteiger partial charge on any atom is -0.179 e. The lowest BCUT2D eigenvalue weighted by atomic mass is 10.5. The number of thioether (sulfide) groups is 1. The van der Waals surface area contributed by atoms with Gasteiger partial charge in [-0.05, 0) is 28.8 Å². The van der Waals surface area contributed by atoms with Crippen LogP contribution in [-0.4, -0.2) is 50.2 Å². The summed E-state index contributed by atoms with van der Waals surface area (Å²) < 4.78 is 1.90. The number of rotatable bonds is 10. The molecule has 0 aliphatic heterocycles. The monoisotopic (exact) mass is 366 g/mol. The van der Waals surface area contributed by atoms with Crippen molar-refractivity contribution >= 4 is 85.5 Å². The van der Waals surface area contributed by atoms with Crippen molar-refractivity contribution in [1.82, 2.24) is 0 Å². The second-order valence-corrected chi connectivity index (χ2v) is 14.5. The first-order chi connectivity index (χ1) is 7.97. The Morgan fingerprint density at radius 2 is 1.94 bits per heavy atom. The molecule has 0 rings (SSSR count). The maximum Gasteiger partial charge on any atom is 0.0221 e. The van der Waals surface area contributed by atoms with E-state index in [9.17, 15) is 0 Å². The van der Waals surface area contributed by atoms with Gasteiger partial charge in [-0.15, -0.1) is 0 Å². The molecule has 0 aromatic heterocycles. The Morgan fingerprint density at radius 1 is 1.29 bits per heavy atom. The number of thiocarbonyl (C=S) groups is 1. The highest BCUT2D eigenvalue weighted by Crippen LogP contribution is 2.30. The molecule has 0 aromatic carbocycles. The minimum absolute atomic E-state index is 0.490. The molecule has 0 aromatic rings. The van der Waals surface area contributed by atoms with Crippen LogP contribution in [0.1, 0.15) is 6.92 Å². The van der Waals surface area contributed by atoms with Crippen LogP contribution in [0.5, 0.6) is 0 Å². The standard InChI is InChI=1S/C10H22S7/c1-2-17(15,9-14,6-4-12)8-10(7-13)16-5-3-11/h9-13H,2-8H2,1H3. The molecule has 104 valence electrons. The molecule has 0 aliphatic rings. The summed E-state index contributed by atoms with van der Waals surface area (Å²) in [5.41, 5.74) is 0. The predicted octanol–water partition coefficient (Wildman–Crippen LogP) is 3.01. The zero-order chi connectivity index (χ0) is 13.4. The molecule has 0 fully saturated rings. The molecular weight excluding hydrogens is 345 g/mol. The van der Waals surface area contributed by atoms with Crippen LogP contribution in [0.3, 0.4) is 0 Å². The Hall–Kier alpha value is 2.06. The fourth-order valence-electron chi connectivity index (χ4n) is 1.54. The first kappa shape index (κ1) is 19.1. The van der Waals surface area contributed by atoms with Crippen molar-refractivity contribution in [3.05, 3.63) is 0 Å². The normalized spacial score (nSPS) is 16.1. The van der Waals surface area contributed by atoms with Crippen molar-refractivity contribution in [2.45, 2.75) is 12.2 Å². The van der Waals surface area contributed by atoms with Gasteiger partial charge in [0.05, 0.1) is 0 Å². The van der Waals surface area contributed by atoms with Gasteiger partial charge >= 0.3 is 0 Å². The van der Waals surface area contributed by atoms with Crippen LogP contribution in [0, 0.1) is 0 Å². The molecule has 0 aliphatic carbocycles. The van der Waals surface area contributed by atoms with Crippen LogP contribution < -0.4 is 0 Å². The summed E-state index contributed by atoms with van der Waals surface area (Å²) in [6, 6.07) is 0. The summed E-state index contributed by atoms with van der Waals surface area (Å²) in [4.78, 5) is 0. The van der Waals surface area contributed by atoms with E-state index in [1.54, 1.807) is 0 Å². The zero-order valence-corrected chi connectivity index (χ0v) is 16.0. The largest absolute Gasteiger partial charge is 0.179 e. The Labute approximate surface area is 137 Å². The molecule has 1 atom stereocenters. The first-order valence-electron chi connectivity index (χ1n) is 5.50. The van der Waals surface area contributed by atoms with E-state index in [-0.39, 0.29) is 0 Å². The van der Waals surface area contributed by atoms with E-state index in [1.165, 1.54) is 0 Å². The Morgan fingerprint density at radius 3 is 2.29 bits per heavy atom. The number of hydrogen-bond donors (Lipinski definition) is 3. The molecule has 0 N–H and O–H groups in total. The fraction of sp³-hybridized carbons (Fsp3) is 0.900. The van der Waals surface area contributed by atoms with E-state index >= 15 is 0 Å². The van der Waals surface area contributed by atoms with Gasteiger partial charge in [-0.2, -0.15) is 57.4 Å². The smallest absolute Gasteiger partial charge is 0.0221 e. The maximum absolute atomic E-state index is 5.99. The van der Waals surface area contributed by atoms with Crippen molar-refractivity contribution < 1.29 is 0 Å². The van der Waals surface area contributed by atoms with Gasteiger partial charge in [0.25, 0.3) is 0 Å². The summed E-state index contributed by atoms with van der Waals surface area (Å²) in [6.07, 6.45) is 0. The topological polar surface area (TPSA) is 0 Å². The van der Waals surface area contributed by atoms with Gasteiger partial charge in [-0.25, -0.2) is 0 Å². The summed E-state index contributed by atoms with van der Waals surface area (Å²) in [5, 5.41) is 0.490. The summed E-state index contributed by atoms with van der Waals surface area (Å²) in [5.74, 6) is 6.59. The van der Waals surface area contributed by atoms with Crippen LogP contribution in [-0.2, 0) is 18.9 Å². The third-order valence-corrected chi connectivity index (χ3v) is 14.0. The van der Waals surface area contributed by atoms with E-state index in [1.807, 2.05) is 16.5 Å². The second-order valence-electron chi connectivity index (χ2n) is 3.94. The molecule has 0 nitrogen and oxygen atoms in total. The molecular formula is C10H22S7. The van der Waals surface area contributed by atoms with Gasteiger partial charge in [-0.1, -0.05) is 30.3 Å². The van der Waals surface area contributed by atoms with E-state index in [2.05, 4.69) is 44.8 Å². The van der Waals surface area contributed by atoms with E-state index < -0.39 is 7.72 Å². The third-order valence-electron chi connectivity index (χ3n) is 2.75. The van der Waals surface area contributed by atoms with E-state index in [4.69, 9.17) is 23.4 Å². The minimum atomic E-state index is -1.98. The summed E-state index contributed by atoms with van der Waals surface area (Å²) in [7, 11) is -1.98. The van der Waals surface area contributed by atoms with Gasteiger partial charge in [0.1, 0.15) is 0 Å². The molecule has 7 heteroatoms. The molecule has 1 unspecified atom stereocenters. The number of thiol groups is 3. The quantitative estimate of drug-likeness (QED) is 0.402. The van der Waals surface area contributed by atoms with Gasteiger partial charge in [0.2, 0.25) is 0 Å². The van der Waals surface area contributed by atoms with Gasteiger partial charge in [-0.3, -0.25) is 0 Å². The van der Waals surface area contributed by atoms with Crippen molar-refractivity contribution in [1.29, 1.82) is 0 Å². The van der Waals surface area contributed by atoms with Gasteiger partial charge in [0, 0.05) is 21.5 Å². The molecule has 0 saturated carbocycles. The highest BCUT2D eigenvalue weighted by Gasteiger charge is 2.31. The molecule has 0 heterocycles.